The zero-order valence-electron chi connectivity index (χ0n) is 15.7. The van der Waals surface area contributed by atoms with Crippen molar-refractivity contribution in [2.75, 3.05) is 26.2 Å². The van der Waals surface area contributed by atoms with Crippen LogP contribution in [0.1, 0.15) is 40.0 Å². The number of piperidine rings is 1. The van der Waals surface area contributed by atoms with E-state index in [1.165, 1.54) is 6.08 Å². The van der Waals surface area contributed by atoms with Crippen molar-refractivity contribution in [1.82, 2.24) is 9.80 Å². The first-order valence-electron chi connectivity index (χ1n) is 8.99. The Morgan fingerprint density at radius 1 is 1.19 bits per heavy atom. The quantitative estimate of drug-likeness (QED) is 0.704. The lowest BCUT2D eigenvalue weighted by Crippen LogP contribution is -2.47. The Morgan fingerprint density at radius 3 is 2.38 bits per heavy atom. The fourth-order valence-corrected chi connectivity index (χ4v) is 3.82. The highest BCUT2D eigenvalue weighted by Gasteiger charge is 2.50. The first-order chi connectivity index (χ1) is 12.2. The zero-order chi connectivity index (χ0) is 19.1. The number of carbonyl (C=O) groups is 3. The highest BCUT2D eigenvalue weighted by molar-refractivity contribution is 5.97. The van der Waals surface area contributed by atoms with Crippen LogP contribution in [-0.2, 0) is 19.1 Å². The molecular weight excluding hydrogens is 336 g/mol. The maximum absolute atomic E-state index is 13.1. The van der Waals surface area contributed by atoms with E-state index in [2.05, 4.69) is 6.58 Å². The summed E-state index contributed by atoms with van der Waals surface area (Å²) < 4.78 is 10.5. The van der Waals surface area contributed by atoms with Crippen molar-refractivity contribution in [2.45, 2.75) is 45.6 Å². The number of cyclic esters (lactones) is 1. The first-order valence-corrected chi connectivity index (χ1v) is 8.99. The van der Waals surface area contributed by atoms with E-state index in [0.717, 1.165) is 6.42 Å². The van der Waals surface area contributed by atoms with Crippen LogP contribution < -0.4 is 0 Å². The molecule has 3 aliphatic rings. The molecule has 0 N–H and O–H groups in total. The summed E-state index contributed by atoms with van der Waals surface area (Å²) >= 11 is 0. The van der Waals surface area contributed by atoms with E-state index in [1.54, 1.807) is 9.80 Å². The number of esters is 1. The van der Waals surface area contributed by atoms with Crippen LogP contribution in [0.25, 0.3) is 0 Å². The summed E-state index contributed by atoms with van der Waals surface area (Å²) in [5.41, 5.74) is -0.0129. The number of hydrogen-bond acceptors (Lipinski definition) is 5. The minimum Gasteiger partial charge on any atom is -0.456 e. The number of nitrogens with zero attached hydrogens (tertiary/aromatic N) is 2. The number of rotatable bonds is 2. The van der Waals surface area contributed by atoms with Crippen molar-refractivity contribution in [3.05, 3.63) is 23.9 Å². The van der Waals surface area contributed by atoms with Gasteiger partial charge in [0.25, 0.3) is 0 Å². The van der Waals surface area contributed by atoms with Gasteiger partial charge in [0.2, 0.25) is 5.91 Å². The van der Waals surface area contributed by atoms with Crippen LogP contribution in [0.4, 0.5) is 4.79 Å². The molecule has 3 aliphatic heterocycles. The average Bonchev–Trinajstić information content (AvgIpc) is 3.07. The molecule has 26 heavy (non-hydrogen) atoms. The smallest absolute Gasteiger partial charge is 0.410 e. The van der Waals surface area contributed by atoms with Gasteiger partial charge in [0.1, 0.15) is 12.2 Å². The molecule has 142 valence electrons. The van der Waals surface area contributed by atoms with E-state index in [4.69, 9.17) is 9.47 Å². The Labute approximate surface area is 153 Å². The molecule has 2 amide bonds. The van der Waals surface area contributed by atoms with E-state index in [0.29, 0.717) is 43.7 Å². The highest BCUT2D eigenvalue weighted by atomic mass is 16.6. The first kappa shape index (κ1) is 18.5. The number of amides is 2. The largest absolute Gasteiger partial charge is 0.456 e. The number of likely N-dealkylation sites (tertiary alicyclic amines) is 2. The number of carbonyl (C=O) groups excluding carboxylic acids is 3. The van der Waals surface area contributed by atoms with Crippen LogP contribution in [0.2, 0.25) is 0 Å². The molecule has 0 radical (unpaired) electrons. The Bertz CT molecular complexity index is 681. The predicted molar refractivity (Wildman–Crippen MR) is 94.0 cm³/mol. The van der Waals surface area contributed by atoms with Gasteiger partial charge in [0.05, 0.1) is 16.7 Å². The molecule has 3 heterocycles. The zero-order valence-corrected chi connectivity index (χ0v) is 15.7. The highest BCUT2D eigenvalue weighted by Crippen LogP contribution is 2.44. The minimum atomic E-state index is -0.533. The molecule has 7 heteroatoms. The van der Waals surface area contributed by atoms with Gasteiger partial charge < -0.3 is 19.3 Å². The van der Waals surface area contributed by atoms with Crippen LogP contribution in [0.3, 0.4) is 0 Å². The molecular formula is C19H26N2O5. The third kappa shape index (κ3) is 3.22. The van der Waals surface area contributed by atoms with Crippen molar-refractivity contribution in [1.29, 1.82) is 0 Å². The lowest BCUT2D eigenvalue weighted by Gasteiger charge is -2.38. The van der Waals surface area contributed by atoms with Gasteiger partial charge in [-0.25, -0.2) is 9.59 Å². The maximum atomic E-state index is 13.1. The van der Waals surface area contributed by atoms with Gasteiger partial charge in [-0.3, -0.25) is 4.79 Å². The molecule has 7 nitrogen and oxygen atoms in total. The SMILES string of the molecule is C=CC1=C(N2CCC3(CCN(C(=O)OC(C)(C)C)CC3)C2=O)COC1=O. The second kappa shape index (κ2) is 6.45. The standard InChI is InChI=1S/C19H26N2O5/c1-5-13-14(12-25-15(13)22)21-11-8-19(16(21)23)6-9-20(10-7-19)17(24)26-18(2,3)4/h5H,1,6-12H2,2-4H3. The van der Waals surface area contributed by atoms with Gasteiger partial charge in [-0.05, 0) is 40.0 Å². The summed E-state index contributed by atoms with van der Waals surface area (Å²) in [5, 5.41) is 0. The molecule has 1 spiro atoms. The fraction of sp³-hybridized carbons (Fsp3) is 0.632. The van der Waals surface area contributed by atoms with E-state index in [9.17, 15) is 14.4 Å². The molecule has 0 aromatic rings. The summed E-state index contributed by atoms with van der Waals surface area (Å²) in [4.78, 5) is 40.4. The summed E-state index contributed by atoms with van der Waals surface area (Å²) in [6.07, 6.45) is 3.05. The molecule has 0 unspecified atom stereocenters. The van der Waals surface area contributed by atoms with Gasteiger partial charge in [-0.15, -0.1) is 0 Å². The summed E-state index contributed by atoms with van der Waals surface area (Å²) in [5.74, 6) is -0.405. The molecule has 3 rings (SSSR count). The van der Waals surface area contributed by atoms with Crippen molar-refractivity contribution in [3.8, 4) is 0 Å². The third-order valence-electron chi connectivity index (χ3n) is 5.29. The Morgan fingerprint density at radius 2 is 1.81 bits per heavy atom. The lowest BCUT2D eigenvalue weighted by atomic mass is 9.77. The van der Waals surface area contributed by atoms with Gasteiger partial charge in [-0.1, -0.05) is 12.7 Å². The van der Waals surface area contributed by atoms with Crippen LogP contribution in [0.15, 0.2) is 23.9 Å². The van der Waals surface area contributed by atoms with E-state index >= 15 is 0 Å². The Hall–Kier alpha value is -2.31. The van der Waals surface area contributed by atoms with Gasteiger partial charge in [0, 0.05) is 19.6 Å². The van der Waals surface area contributed by atoms with Crippen molar-refractivity contribution < 1.29 is 23.9 Å². The molecule has 0 aromatic heterocycles. The average molecular weight is 362 g/mol. The van der Waals surface area contributed by atoms with Gasteiger partial charge >= 0.3 is 12.1 Å². The number of ether oxygens (including phenoxy) is 2. The molecule has 0 aliphatic carbocycles. The van der Waals surface area contributed by atoms with Crippen LogP contribution >= 0.6 is 0 Å². The topological polar surface area (TPSA) is 76.2 Å². The van der Waals surface area contributed by atoms with Crippen LogP contribution in [-0.4, -0.2) is 59.6 Å². The third-order valence-corrected chi connectivity index (χ3v) is 5.29. The number of hydrogen-bond donors (Lipinski definition) is 0. The van der Waals surface area contributed by atoms with E-state index in [1.807, 2.05) is 20.8 Å². The summed E-state index contributed by atoms with van der Waals surface area (Å²) in [6.45, 7) is 10.8. The van der Waals surface area contributed by atoms with Crippen LogP contribution in [0.5, 0.6) is 0 Å². The van der Waals surface area contributed by atoms with Gasteiger partial charge in [0.15, 0.2) is 0 Å². The van der Waals surface area contributed by atoms with Crippen molar-refractivity contribution in [2.24, 2.45) is 5.41 Å². The monoisotopic (exact) mass is 362 g/mol. The fourth-order valence-electron chi connectivity index (χ4n) is 3.82. The van der Waals surface area contributed by atoms with E-state index in [-0.39, 0.29) is 18.6 Å². The Balaban J connectivity index is 1.68. The van der Waals surface area contributed by atoms with Crippen molar-refractivity contribution >= 4 is 18.0 Å². The van der Waals surface area contributed by atoms with Crippen molar-refractivity contribution in [3.63, 3.8) is 0 Å². The molecule has 0 bridgehead atoms. The minimum absolute atomic E-state index is 0.0222. The van der Waals surface area contributed by atoms with Gasteiger partial charge in [-0.2, -0.15) is 0 Å². The Kier molecular flexibility index (Phi) is 4.58. The lowest BCUT2D eigenvalue weighted by molar-refractivity contribution is -0.138. The molecule has 2 saturated heterocycles. The van der Waals surface area contributed by atoms with Crippen LogP contribution in [0, 0.1) is 5.41 Å². The molecule has 2 fully saturated rings. The molecule has 0 aromatic carbocycles. The second-order valence-electron chi connectivity index (χ2n) is 8.10. The van der Waals surface area contributed by atoms with E-state index < -0.39 is 17.0 Å². The molecule has 0 atom stereocenters. The molecule has 0 saturated carbocycles. The normalized spacial score (nSPS) is 22.9. The maximum Gasteiger partial charge on any atom is 0.410 e. The summed E-state index contributed by atoms with van der Waals surface area (Å²) in [7, 11) is 0. The summed E-state index contributed by atoms with van der Waals surface area (Å²) in [6, 6.07) is 0. The second-order valence-corrected chi connectivity index (χ2v) is 8.10. The predicted octanol–water partition coefficient (Wildman–Crippen LogP) is 2.23.